The molecule has 0 radical (unpaired) electrons. The van der Waals surface area contributed by atoms with Gasteiger partial charge in [0.1, 0.15) is 12.1 Å². The summed E-state index contributed by atoms with van der Waals surface area (Å²) in [5.74, 6) is 0.907. The van der Waals surface area contributed by atoms with Gasteiger partial charge in [0.2, 0.25) is 5.91 Å². The second-order valence-corrected chi connectivity index (χ2v) is 6.41. The number of amides is 1. The highest BCUT2D eigenvalue weighted by atomic mass is 16.5. The molecular weight excluding hydrogens is 322 g/mol. The normalized spacial score (nSPS) is 17.8. The number of likely N-dealkylation sites (tertiary alicyclic amines) is 1. The van der Waals surface area contributed by atoms with E-state index < -0.39 is 0 Å². The molecule has 0 unspecified atom stereocenters. The first-order valence-corrected chi connectivity index (χ1v) is 8.43. The van der Waals surface area contributed by atoms with E-state index in [-0.39, 0.29) is 11.9 Å². The van der Waals surface area contributed by atoms with E-state index in [1.807, 2.05) is 19.0 Å². The Morgan fingerprint density at radius 3 is 3.04 bits per heavy atom. The zero-order chi connectivity index (χ0) is 17.8. The zero-order valence-electron chi connectivity index (χ0n) is 15.0. The summed E-state index contributed by atoms with van der Waals surface area (Å²) in [6.07, 6.45) is 3.75. The molecule has 2 aromatic heterocycles. The van der Waals surface area contributed by atoms with E-state index in [1.165, 1.54) is 6.33 Å². The van der Waals surface area contributed by atoms with Crippen LogP contribution in [0.15, 0.2) is 12.5 Å². The molecule has 1 saturated heterocycles. The van der Waals surface area contributed by atoms with Crippen LogP contribution in [0.5, 0.6) is 0 Å². The third kappa shape index (κ3) is 4.05. The maximum Gasteiger partial charge on any atom is 0.224 e. The van der Waals surface area contributed by atoms with Crippen LogP contribution in [-0.4, -0.2) is 88.4 Å². The molecule has 1 fully saturated rings. The Hall–Kier alpha value is -2.26. The Kier molecular flexibility index (Phi) is 5.44. The number of fused-ring (bicyclic) bond motifs is 1. The lowest BCUT2D eigenvalue weighted by Gasteiger charge is -2.22. The highest BCUT2D eigenvalue weighted by Crippen LogP contribution is 2.21. The molecule has 136 valence electrons. The van der Waals surface area contributed by atoms with E-state index in [1.54, 1.807) is 18.0 Å². The summed E-state index contributed by atoms with van der Waals surface area (Å²) in [7, 11) is 5.58. The van der Waals surface area contributed by atoms with Crippen LogP contribution in [0.1, 0.15) is 6.42 Å². The topological polar surface area (TPSA) is 88.4 Å². The average Bonchev–Trinajstić information content (AvgIpc) is 3.15. The number of ether oxygens (including phenoxy) is 1. The van der Waals surface area contributed by atoms with Gasteiger partial charge in [-0.05, 0) is 7.05 Å². The van der Waals surface area contributed by atoms with E-state index in [0.29, 0.717) is 19.6 Å². The number of nitrogens with zero attached hydrogens (tertiary/aromatic N) is 6. The van der Waals surface area contributed by atoms with Gasteiger partial charge in [-0.2, -0.15) is 5.10 Å². The van der Waals surface area contributed by atoms with Gasteiger partial charge in [0.05, 0.1) is 24.2 Å². The van der Waals surface area contributed by atoms with Gasteiger partial charge in [-0.15, -0.1) is 0 Å². The van der Waals surface area contributed by atoms with Crippen molar-refractivity contribution in [3.8, 4) is 0 Å². The zero-order valence-corrected chi connectivity index (χ0v) is 15.0. The summed E-state index contributed by atoms with van der Waals surface area (Å²) >= 11 is 0. The molecule has 0 aromatic carbocycles. The Balaban J connectivity index is 1.57. The SMILES string of the molecule is COCCN(C)CCN1C[C@@H](Nc2ncnc3c2cnn3C)CC1=O. The highest BCUT2D eigenvalue weighted by molar-refractivity contribution is 5.87. The van der Waals surface area contributed by atoms with Crippen molar-refractivity contribution in [3.63, 3.8) is 0 Å². The van der Waals surface area contributed by atoms with Gasteiger partial charge >= 0.3 is 0 Å². The van der Waals surface area contributed by atoms with Crippen LogP contribution in [0.25, 0.3) is 11.0 Å². The number of rotatable bonds is 8. The summed E-state index contributed by atoms with van der Waals surface area (Å²) in [5.41, 5.74) is 0.776. The van der Waals surface area contributed by atoms with E-state index >= 15 is 0 Å². The monoisotopic (exact) mass is 347 g/mol. The van der Waals surface area contributed by atoms with Gasteiger partial charge in [-0.3, -0.25) is 9.48 Å². The summed E-state index contributed by atoms with van der Waals surface area (Å²) in [5, 5.41) is 8.46. The number of hydrogen-bond acceptors (Lipinski definition) is 7. The third-order valence-corrected chi connectivity index (χ3v) is 4.51. The number of nitrogens with one attached hydrogen (secondary N) is 1. The molecule has 0 spiro atoms. The molecule has 0 saturated carbocycles. The average molecular weight is 347 g/mol. The van der Waals surface area contributed by atoms with Crippen molar-refractivity contribution in [3.05, 3.63) is 12.5 Å². The fourth-order valence-electron chi connectivity index (χ4n) is 3.01. The van der Waals surface area contributed by atoms with Crippen molar-refractivity contribution in [1.82, 2.24) is 29.5 Å². The van der Waals surface area contributed by atoms with E-state index in [9.17, 15) is 4.79 Å². The molecule has 3 rings (SSSR count). The first-order valence-electron chi connectivity index (χ1n) is 8.43. The second kappa shape index (κ2) is 7.75. The van der Waals surface area contributed by atoms with E-state index in [2.05, 4.69) is 25.3 Å². The van der Waals surface area contributed by atoms with E-state index in [0.717, 1.165) is 36.5 Å². The molecule has 0 bridgehead atoms. The van der Waals surface area contributed by atoms with Crippen molar-refractivity contribution in [2.24, 2.45) is 7.05 Å². The second-order valence-electron chi connectivity index (χ2n) is 6.41. The van der Waals surface area contributed by atoms with Crippen LogP contribution >= 0.6 is 0 Å². The van der Waals surface area contributed by atoms with Crippen molar-refractivity contribution < 1.29 is 9.53 Å². The van der Waals surface area contributed by atoms with Crippen LogP contribution < -0.4 is 5.32 Å². The van der Waals surface area contributed by atoms with Crippen LogP contribution in [0.4, 0.5) is 5.82 Å². The van der Waals surface area contributed by atoms with Gasteiger partial charge < -0.3 is 19.9 Å². The number of carbonyl (C=O) groups excluding carboxylic acids is 1. The standard InChI is InChI=1S/C16H25N7O2/c1-21(6-7-25-3)4-5-23-10-12(8-14(23)24)20-15-13-9-19-22(2)16(13)18-11-17-15/h9,11-12H,4-8,10H2,1-3H3,(H,17,18,20)/t12-/m0/s1. The van der Waals surface area contributed by atoms with Gasteiger partial charge in [0.25, 0.3) is 0 Å². The first-order chi connectivity index (χ1) is 12.1. The maximum atomic E-state index is 12.3. The number of methoxy groups -OCH3 is 1. The molecule has 1 aliphatic rings. The lowest BCUT2D eigenvalue weighted by molar-refractivity contribution is -0.127. The molecule has 1 amide bonds. The molecule has 25 heavy (non-hydrogen) atoms. The summed E-state index contributed by atoms with van der Waals surface area (Å²) in [6, 6.07) is 0.0510. The van der Waals surface area contributed by atoms with Crippen molar-refractivity contribution >= 4 is 22.8 Å². The Labute approximate surface area is 147 Å². The molecule has 1 aliphatic heterocycles. The largest absolute Gasteiger partial charge is 0.383 e. The first kappa shape index (κ1) is 17.6. The van der Waals surface area contributed by atoms with Crippen molar-refractivity contribution in [2.75, 3.05) is 52.3 Å². The molecular formula is C16H25N7O2. The lowest BCUT2D eigenvalue weighted by atomic mass is 10.2. The number of aromatic nitrogens is 4. The molecule has 1 atom stereocenters. The molecule has 9 heteroatoms. The van der Waals surface area contributed by atoms with Crippen LogP contribution in [0.3, 0.4) is 0 Å². The Morgan fingerprint density at radius 2 is 2.24 bits per heavy atom. The number of carbonyl (C=O) groups is 1. The minimum atomic E-state index is 0.0510. The predicted octanol–water partition coefficient (Wildman–Crippen LogP) is -0.0457. The highest BCUT2D eigenvalue weighted by Gasteiger charge is 2.30. The lowest BCUT2D eigenvalue weighted by Crippen LogP contribution is -2.36. The number of aryl methyl sites for hydroxylation is 1. The number of anilines is 1. The third-order valence-electron chi connectivity index (χ3n) is 4.51. The van der Waals surface area contributed by atoms with Crippen molar-refractivity contribution in [2.45, 2.75) is 12.5 Å². The van der Waals surface area contributed by atoms with Gasteiger partial charge in [-0.1, -0.05) is 0 Å². The van der Waals surface area contributed by atoms with Crippen molar-refractivity contribution in [1.29, 1.82) is 0 Å². The maximum absolute atomic E-state index is 12.3. The van der Waals surface area contributed by atoms with Gasteiger partial charge in [0, 0.05) is 46.8 Å². The van der Waals surface area contributed by atoms with Gasteiger partial charge in [-0.25, -0.2) is 9.97 Å². The molecule has 1 N–H and O–H groups in total. The van der Waals surface area contributed by atoms with E-state index in [4.69, 9.17) is 4.74 Å². The number of likely N-dealkylation sites (N-methyl/N-ethyl adjacent to an activating group) is 1. The summed E-state index contributed by atoms with van der Waals surface area (Å²) in [4.78, 5) is 24.9. The quantitative estimate of drug-likeness (QED) is 0.716. The Morgan fingerprint density at radius 1 is 1.40 bits per heavy atom. The molecule has 0 aliphatic carbocycles. The Bertz CT molecular complexity index is 732. The fraction of sp³-hybridized carbons (Fsp3) is 0.625. The molecule has 9 nitrogen and oxygen atoms in total. The summed E-state index contributed by atoms with van der Waals surface area (Å²) in [6.45, 7) is 3.80. The smallest absolute Gasteiger partial charge is 0.224 e. The minimum Gasteiger partial charge on any atom is -0.383 e. The molecule has 3 heterocycles. The summed E-state index contributed by atoms with van der Waals surface area (Å²) < 4.78 is 6.79. The molecule has 2 aromatic rings. The van der Waals surface area contributed by atoms with Crippen LogP contribution in [0, 0.1) is 0 Å². The van der Waals surface area contributed by atoms with Crippen LogP contribution in [0.2, 0.25) is 0 Å². The minimum absolute atomic E-state index is 0.0510. The number of hydrogen-bond donors (Lipinski definition) is 1. The predicted molar refractivity (Wildman–Crippen MR) is 94.3 cm³/mol. The fourth-order valence-corrected chi connectivity index (χ4v) is 3.01. The van der Waals surface area contributed by atoms with Crippen LogP contribution in [-0.2, 0) is 16.6 Å². The van der Waals surface area contributed by atoms with Gasteiger partial charge in [0.15, 0.2) is 5.65 Å².